The van der Waals surface area contributed by atoms with Gasteiger partial charge in [-0.2, -0.15) is 0 Å². The molecule has 1 aromatic rings. The lowest BCUT2D eigenvalue weighted by Crippen LogP contribution is -2.61. The molecule has 4 amide bonds. The van der Waals surface area contributed by atoms with E-state index in [4.69, 9.17) is 4.74 Å². The van der Waals surface area contributed by atoms with E-state index in [1.165, 1.54) is 11.1 Å². The molecule has 0 aliphatic carbocycles. The number of hydrogen-bond acceptors (Lipinski definition) is 4. The molecular weight excluding hydrogens is 408 g/mol. The Balaban J connectivity index is 1.45. The van der Waals surface area contributed by atoms with Crippen LogP contribution in [0, 0.1) is 5.92 Å². The van der Waals surface area contributed by atoms with Crippen LogP contribution in [0.4, 0.5) is 4.79 Å². The van der Waals surface area contributed by atoms with Crippen LogP contribution in [0.1, 0.15) is 31.4 Å². The number of benzene rings is 1. The van der Waals surface area contributed by atoms with Gasteiger partial charge >= 0.3 is 6.03 Å². The summed E-state index contributed by atoms with van der Waals surface area (Å²) in [6.07, 6.45) is 1.46. The second-order valence-corrected chi connectivity index (χ2v) is 9.48. The third kappa shape index (κ3) is 4.46. The number of carbonyl (C=O) groups is 3. The van der Waals surface area contributed by atoms with Crippen molar-refractivity contribution >= 4 is 17.8 Å². The van der Waals surface area contributed by atoms with Crippen molar-refractivity contribution in [1.82, 2.24) is 19.6 Å². The Morgan fingerprint density at radius 3 is 2.56 bits per heavy atom. The Bertz CT molecular complexity index is 873. The zero-order valence-electron chi connectivity index (χ0n) is 19.3. The Morgan fingerprint density at radius 2 is 1.84 bits per heavy atom. The average Bonchev–Trinajstić information content (AvgIpc) is 3.08. The first-order chi connectivity index (χ1) is 15.4. The van der Waals surface area contributed by atoms with E-state index >= 15 is 0 Å². The largest absolute Gasteiger partial charge is 0.383 e. The van der Waals surface area contributed by atoms with Crippen LogP contribution < -0.4 is 0 Å². The van der Waals surface area contributed by atoms with Crippen LogP contribution in [-0.4, -0.2) is 96.0 Å². The summed E-state index contributed by atoms with van der Waals surface area (Å²) in [6, 6.07) is 7.45. The molecule has 174 valence electrons. The fraction of sp³-hybridized carbons (Fsp3) is 0.625. The number of ether oxygens (including phenoxy) is 1. The highest BCUT2D eigenvalue weighted by atomic mass is 16.5. The van der Waals surface area contributed by atoms with Gasteiger partial charge in [0.25, 0.3) is 0 Å². The van der Waals surface area contributed by atoms with Gasteiger partial charge in [-0.05, 0) is 29.9 Å². The van der Waals surface area contributed by atoms with E-state index < -0.39 is 6.04 Å². The fourth-order valence-electron chi connectivity index (χ4n) is 5.12. The summed E-state index contributed by atoms with van der Waals surface area (Å²) in [7, 11) is 1.62. The van der Waals surface area contributed by atoms with Crippen LogP contribution in [0.15, 0.2) is 24.3 Å². The van der Waals surface area contributed by atoms with E-state index in [9.17, 15) is 14.4 Å². The van der Waals surface area contributed by atoms with Gasteiger partial charge in [-0.25, -0.2) is 4.79 Å². The number of hydrogen-bond donors (Lipinski definition) is 0. The Hall–Kier alpha value is -2.61. The van der Waals surface area contributed by atoms with Crippen LogP contribution in [-0.2, 0) is 27.3 Å². The number of rotatable bonds is 7. The molecule has 32 heavy (non-hydrogen) atoms. The first kappa shape index (κ1) is 22.6. The predicted molar refractivity (Wildman–Crippen MR) is 120 cm³/mol. The van der Waals surface area contributed by atoms with Crippen LogP contribution >= 0.6 is 0 Å². The van der Waals surface area contributed by atoms with E-state index in [2.05, 4.69) is 26.0 Å². The Morgan fingerprint density at radius 1 is 1.12 bits per heavy atom. The summed E-state index contributed by atoms with van der Waals surface area (Å²) in [5.41, 5.74) is 2.46. The summed E-state index contributed by atoms with van der Waals surface area (Å²) in [5, 5.41) is 0. The second kappa shape index (κ2) is 9.48. The van der Waals surface area contributed by atoms with E-state index in [-0.39, 0.29) is 36.3 Å². The first-order valence-corrected chi connectivity index (χ1v) is 11.6. The molecule has 0 N–H and O–H groups in total. The molecule has 0 unspecified atom stereocenters. The number of amides is 4. The van der Waals surface area contributed by atoms with Crippen LogP contribution in [0.25, 0.3) is 0 Å². The topological polar surface area (TPSA) is 73.4 Å². The average molecular weight is 443 g/mol. The highest BCUT2D eigenvalue weighted by Gasteiger charge is 2.49. The third-order valence-electron chi connectivity index (χ3n) is 6.75. The van der Waals surface area contributed by atoms with Crippen molar-refractivity contribution in [3.63, 3.8) is 0 Å². The molecule has 2 saturated heterocycles. The Labute approximate surface area is 190 Å². The molecule has 0 saturated carbocycles. The molecule has 4 rings (SSSR count). The highest BCUT2D eigenvalue weighted by molar-refractivity contribution is 5.92. The minimum atomic E-state index is -0.472. The fourth-order valence-corrected chi connectivity index (χ4v) is 5.12. The molecule has 8 heteroatoms. The normalized spacial score (nSPS) is 23.1. The summed E-state index contributed by atoms with van der Waals surface area (Å²) >= 11 is 0. The lowest BCUT2D eigenvalue weighted by molar-refractivity contribution is -0.143. The van der Waals surface area contributed by atoms with Crippen molar-refractivity contribution in [2.45, 2.75) is 45.3 Å². The smallest absolute Gasteiger partial charge is 0.321 e. The van der Waals surface area contributed by atoms with Crippen LogP contribution in [0.2, 0.25) is 0 Å². The van der Waals surface area contributed by atoms with Gasteiger partial charge in [-0.15, -0.1) is 0 Å². The lowest BCUT2D eigenvalue weighted by atomic mass is 9.97. The number of carbonyl (C=O) groups excluding carboxylic acids is 3. The molecule has 0 spiro atoms. The predicted octanol–water partition coefficient (Wildman–Crippen LogP) is 1.58. The molecule has 1 aromatic carbocycles. The van der Waals surface area contributed by atoms with E-state index in [1.54, 1.807) is 16.9 Å². The van der Waals surface area contributed by atoms with Crippen LogP contribution in [0.3, 0.4) is 0 Å². The maximum Gasteiger partial charge on any atom is 0.321 e. The first-order valence-electron chi connectivity index (χ1n) is 11.6. The van der Waals surface area contributed by atoms with Gasteiger partial charge in [0.2, 0.25) is 11.8 Å². The number of piperazine rings is 1. The summed E-state index contributed by atoms with van der Waals surface area (Å²) in [6.45, 7) is 7.40. The van der Waals surface area contributed by atoms with E-state index in [0.29, 0.717) is 45.8 Å². The third-order valence-corrected chi connectivity index (χ3v) is 6.75. The monoisotopic (exact) mass is 442 g/mol. The highest BCUT2D eigenvalue weighted by Crippen LogP contribution is 2.29. The zero-order chi connectivity index (χ0) is 22.8. The molecular formula is C24H34N4O4. The Kier molecular flexibility index (Phi) is 6.69. The van der Waals surface area contributed by atoms with Crippen molar-refractivity contribution < 1.29 is 19.1 Å². The van der Waals surface area contributed by atoms with Gasteiger partial charge in [0.1, 0.15) is 12.6 Å². The SMILES string of the molecule is COCCN1C[C@H]2CN(CC(=O)N3CCc4ccccc4C3)C(=O)N2[C@@H](CC(C)C)C1=O. The quantitative estimate of drug-likeness (QED) is 0.643. The molecule has 0 bridgehead atoms. The molecule has 3 aliphatic rings. The molecule has 3 heterocycles. The minimum absolute atomic E-state index is 0.0128. The molecule has 0 aromatic heterocycles. The number of methoxy groups -OCH3 is 1. The molecule has 2 fully saturated rings. The standard InChI is InChI=1S/C24H34N4O4/c1-17(2)12-21-23(30)26(10-11-32-3)14-20-15-27(24(31)28(20)21)16-22(29)25-9-8-18-6-4-5-7-19(18)13-25/h4-7,17,20-21H,8-16H2,1-3H3/t20-,21-/m0/s1. The van der Waals surface area contributed by atoms with E-state index in [0.717, 1.165) is 6.42 Å². The van der Waals surface area contributed by atoms with Gasteiger partial charge in [0.15, 0.2) is 0 Å². The van der Waals surface area contributed by atoms with Crippen molar-refractivity contribution in [3.05, 3.63) is 35.4 Å². The molecule has 0 radical (unpaired) electrons. The van der Waals surface area contributed by atoms with E-state index in [1.807, 2.05) is 21.9 Å². The van der Waals surface area contributed by atoms with Crippen molar-refractivity contribution in [3.8, 4) is 0 Å². The maximum absolute atomic E-state index is 13.3. The van der Waals surface area contributed by atoms with Crippen molar-refractivity contribution in [1.29, 1.82) is 0 Å². The summed E-state index contributed by atoms with van der Waals surface area (Å²) < 4.78 is 5.17. The maximum atomic E-state index is 13.3. The van der Waals surface area contributed by atoms with Crippen molar-refractivity contribution in [2.24, 2.45) is 5.92 Å². The lowest BCUT2D eigenvalue weighted by Gasteiger charge is -2.42. The second-order valence-electron chi connectivity index (χ2n) is 9.48. The number of fused-ring (bicyclic) bond motifs is 2. The minimum Gasteiger partial charge on any atom is -0.383 e. The van der Waals surface area contributed by atoms with Gasteiger partial charge in [-0.3, -0.25) is 9.59 Å². The van der Waals surface area contributed by atoms with Crippen molar-refractivity contribution in [2.75, 3.05) is 46.4 Å². The van der Waals surface area contributed by atoms with Gasteiger partial charge < -0.3 is 24.3 Å². The molecule has 8 nitrogen and oxygen atoms in total. The molecule has 2 atom stereocenters. The van der Waals surface area contributed by atoms with Gasteiger partial charge in [0.05, 0.1) is 12.6 Å². The van der Waals surface area contributed by atoms with Crippen LogP contribution in [0.5, 0.6) is 0 Å². The summed E-state index contributed by atoms with van der Waals surface area (Å²) in [5.74, 6) is 0.237. The van der Waals surface area contributed by atoms with Gasteiger partial charge in [0, 0.05) is 39.8 Å². The van der Waals surface area contributed by atoms with Gasteiger partial charge in [-0.1, -0.05) is 38.1 Å². The number of urea groups is 1. The zero-order valence-corrected chi connectivity index (χ0v) is 19.3. The number of nitrogens with zero attached hydrogens (tertiary/aromatic N) is 4. The summed E-state index contributed by atoms with van der Waals surface area (Å²) in [4.78, 5) is 46.5. The molecule has 3 aliphatic heterocycles.